The first-order chi connectivity index (χ1) is 16.7. The van der Waals surface area contributed by atoms with Gasteiger partial charge in [0, 0.05) is 18.7 Å². The topological polar surface area (TPSA) is 158 Å². The van der Waals surface area contributed by atoms with E-state index < -0.39 is 29.6 Å². The van der Waals surface area contributed by atoms with Gasteiger partial charge in [0.05, 0.1) is 29.3 Å². The molecule has 1 aromatic heterocycles. The molecule has 0 fully saturated rings. The van der Waals surface area contributed by atoms with E-state index in [0.29, 0.717) is 16.6 Å². The summed E-state index contributed by atoms with van der Waals surface area (Å²) in [7, 11) is 0. The number of carbonyl (C=O) groups is 3. The zero-order valence-corrected chi connectivity index (χ0v) is 18.5. The maximum Gasteiger partial charge on any atom is 0.326 e. The number of amides is 2. The lowest BCUT2D eigenvalue weighted by Gasteiger charge is -2.23. The number of hydrogen-bond donors (Lipinski definition) is 4. The van der Waals surface area contributed by atoms with Crippen LogP contribution in [0, 0.1) is 18.2 Å². The highest BCUT2D eigenvalue weighted by Crippen LogP contribution is 2.22. The van der Waals surface area contributed by atoms with E-state index in [1.807, 2.05) is 0 Å². The van der Waals surface area contributed by atoms with Crippen LogP contribution in [0.15, 0.2) is 47.5 Å². The van der Waals surface area contributed by atoms with Gasteiger partial charge in [-0.1, -0.05) is 12.0 Å². The fourth-order valence-corrected chi connectivity index (χ4v) is 3.45. The van der Waals surface area contributed by atoms with Crippen molar-refractivity contribution in [1.82, 2.24) is 15.3 Å². The SMILES string of the molecule is C#CCN(Cc1ccc2nc[nH]c(=O)c2c1)c1ccc(C(=O)N[C@@H](CCC(N)=O)C(=O)O)c(F)c1. The van der Waals surface area contributed by atoms with E-state index in [9.17, 15) is 28.7 Å². The van der Waals surface area contributed by atoms with Crippen LogP contribution in [-0.2, 0) is 16.1 Å². The van der Waals surface area contributed by atoms with E-state index in [4.69, 9.17) is 12.2 Å². The summed E-state index contributed by atoms with van der Waals surface area (Å²) < 4.78 is 14.9. The average Bonchev–Trinajstić information content (AvgIpc) is 2.81. The average molecular weight is 479 g/mol. The number of aliphatic carboxylic acids is 1. The van der Waals surface area contributed by atoms with Gasteiger partial charge >= 0.3 is 5.97 Å². The second kappa shape index (κ2) is 10.9. The summed E-state index contributed by atoms with van der Waals surface area (Å²) in [5.74, 6) is -1.44. The molecule has 0 aliphatic rings. The summed E-state index contributed by atoms with van der Waals surface area (Å²) in [4.78, 5) is 55.1. The van der Waals surface area contributed by atoms with Crippen molar-refractivity contribution in [2.75, 3.05) is 11.4 Å². The van der Waals surface area contributed by atoms with Crippen molar-refractivity contribution in [1.29, 1.82) is 0 Å². The molecule has 0 saturated heterocycles. The van der Waals surface area contributed by atoms with E-state index in [1.165, 1.54) is 18.5 Å². The maximum absolute atomic E-state index is 14.9. The van der Waals surface area contributed by atoms with Gasteiger partial charge in [0.2, 0.25) is 5.91 Å². The summed E-state index contributed by atoms with van der Waals surface area (Å²) in [6.45, 7) is 0.355. The number of aromatic amines is 1. The van der Waals surface area contributed by atoms with Crippen molar-refractivity contribution >= 4 is 34.4 Å². The Hall–Kier alpha value is -4.72. The van der Waals surface area contributed by atoms with Gasteiger partial charge in [-0.3, -0.25) is 14.4 Å². The number of benzene rings is 2. The maximum atomic E-state index is 14.9. The number of aromatic nitrogens is 2. The molecule has 0 spiro atoms. The first-order valence-electron chi connectivity index (χ1n) is 10.5. The smallest absolute Gasteiger partial charge is 0.326 e. The molecular formula is C24H22FN5O5. The van der Waals surface area contributed by atoms with Gasteiger partial charge in [0.1, 0.15) is 11.9 Å². The van der Waals surface area contributed by atoms with E-state index in [2.05, 4.69) is 21.2 Å². The number of nitrogens with two attached hydrogens (primary N) is 1. The van der Waals surface area contributed by atoms with E-state index >= 15 is 0 Å². The third-order valence-corrected chi connectivity index (χ3v) is 5.21. The van der Waals surface area contributed by atoms with Crippen LogP contribution in [0.25, 0.3) is 10.9 Å². The number of anilines is 1. The molecule has 1 heterocycles. The van der Waals surface area contributed by atoms with Crippen molar-refractivity contribution in [3.63, 3.8) is 0 Å². The Balaban J connectivity index is 1.81. The van der Waals surface area contributed by atoms with Crippen LogP contribution in [0.4, 0.5) is 10.1 Å². The number of carboxylic acid groups (broad SMARTS) is 1. The Labute approximate surface area is 199 Å². The number of rotatable bonds is 10. The molecule has 11 heteroatoms. The van der Waals surface area contributed by atoms with Gasteiger partial charge < -0.3 is 26.0 Å². The van der Waals surface area contributed by atoms with Crippen molar-refractivity contribution in [3.8, 4) is 12.3 Å². The number of H-pyrrole nitrogens is 1. The number of carboxylic acids is 1. The van der Waals surface area contributed by atoms with Gasteiger partial charge in [-0.05, 0) is 42.3 Å². The first kappa shape index (κ1) is 24.9. The monoisotopic (exact) mass is 479 g/mol. The zero-order valence-electron chi connectivity index (χ0n) is 18.5. The Bertz CT molecular complexity index is 1380. The highest BCUT2D eigenvalue weighted by atomic mass is 19.1. The lowest BCUT2D eigenvalue weighted by Crippen LogP contribution is -2.41. The van der Waals surface area contributed by atoms with Crippen molar-refractivity contribution in [3.05, 3.63) is 70.0 Å². The molecule has 2 amide bonds. The molecular weight excluding hydrogens is 457 g/mol. The third kappa shape index (κ3) is 6.20. The minimum Gasteiger partial charge on any atom is -0.480 e. The van der Waals surface area contributed by atoms with Crippen molar-refractivity contribution in [2.24, 2.45) is 5.73 Å². The van der Waals surface area contributed by atoms with Crippen LogP contribution in [-0.4, -0.2) is 45.4 Å². The summed E-state index contributed by atoms with van der Waals surface area (Å²) in [6.07, 6.45) is 6.31. The largest absolute Gasteiger partial charge is 0.480 e. The van der Waals surface area contributed by atoms with Crippen LogP contribution in [0.3, 0.4) is 0 Å². The molecule has 180 valence electrons. The minimum absolute atomic E-state index is 0.112. The Morgan fingerprint density at radius 3 is 2.69 bits per heavy atom. The predicted molar refractivity (Wildman–Crippen MR) is 126 cm³/mol. The number of primary amides is 1. The fourth-order valence-electron chi connectivity index (χ4n) is 3.45. The molecule has 3 rings (SSSR count). The molecule has 10 nitrogen and oxygen atoms in total. The Morgan fingerprint density at radius 2 is 2.03 bits per heavy atom. The third-order valence-electron chi connectivity index (χ3n) is 5.21. The van der Waals surface area contributed by atoms with Gasteiger partial charge in [-0.25, -0.2) is 14.2 Å². The quantitative estimate of drug-likeness (QED) is 0.318. The Morgan fingerprint density at radius 1 is 1.26 bits per heavy atom. The van der Waals surface area contributed by atoms with Crippen LogP contribution < -0.4 is 21.5 Å². The molecule has 5 N–H and O–H groups in total. The molecule has 35 heavy (non-hydrogen) atoms. The molecule has 0 unspecified atom stereocenters. The lowest BCUT2D eigenvalue weighted by molar-refractivity contribution is -0.139. The number of fused-ring (bicyclic) bond motifs is 1. The minimum atomic E-state index is -1.41. The first-order valence-corrected chi connectivity index (χ1v) is 10.5. The second-order valence-corrected chi connectivity index (χ2v) is 7.68. The van der Waals surface area contributed by atoms with E-state index in [-0.39, 0.29) is 37.1 Å². The molecule has 0 saturated carbocycles. The number of nitrogens with one attached hydrogen (secondary N) is 2. The highest BCUT2D eigenvalue weighted by molar-refractivity contribution is 5.97. The Kier molecular flexibility index (Phi) is 7.78. The molecule has 2 aromatic carbocycles. The van der Waals surface area contributed by atoms with Crippen LogP contribution in [0.5, 0.6) is 0 Å². The number of terminal acetylenes is 1. The number of carbonyl (C=O) groups excluding carboxylic acids is 2. The van der Waals surface area contributed by atoms with Crippen LogP contribution in [0.2, 0.25) is 0 Å². The summed E-state index contributed by atoms with van der Waals surface area (Å²) in [5.41, 5.74) is 5.99. The number of halogens is 1. The van der Waals surface area contributed by atoms with E-state index in [1.54, 1.807) is 23.1 Å². The molecule has 3 aromatic rings. The van der Waals surface area contributed by atoms with Gasteiger partial charge in [-0.15, -0.1) is 6.42 Å². The van der Waals surface area contributed by atoms with Crippen LogP contribution in [0.1, 0.15) is 28.8 Å². The van der Waals surface area contributed by atoms with Crippen molar-refractivity contribution in [2.45, 2.75) is 25.4 Å². The zero-order chi connectivity index (χ0) is 25.5. The summed E-state index contributed by atoms with van der Waals surface area (Å²) in [6, 6.07) is 7.53. The molecule has 0 bridgehead atoms. The van der Waals surface area contributed by atoms with E-state index in [0.717, 1.165) is 11.6 Å². The van der Waals surface area contributed by atoms with Crippen molar-refractivity contribution < 1.29 is 23.9 Å². The molecule has 1 atom stereocenters. The number of hydrogen-bond acceptors (Lipinski definition) is 6. The second-order valence-electron chi connectivity index (χ2n) is 7.68. The van der Waals surface area contributed by atoms with Crippen LogP contribution >= 0.6 is 0 Å². The molecule has 0 aliphatic heterocycles. The summed E-state index contributed by atoms with van der Waals surface area (Å²) in [5, 5.41) is 11.8. The molecule has 0 radical (unpaired) electrons. The lowest BCUT2D eigenvalue weighted by atomic mass is 10.1. The molecule has 0 aliphatic carbocycles. The van der Waals surface area contributed by atoms with Gasteiger partial charge in [-0.2, -0.15) is 0 Å². The summed E-state index contributed by atoms with van der Waals surface area (Å²) >= 11 is 0. The number of nitrogens with zero attached hydrogens (tertiary/aromatic N) is 2. The van der Waals surface area contributed by atoms with Gasteiger partial charge in [0.25, 0.3) is 11.5 Å². The fraction of sp³-hybridized carbons (Fsp3) is 0.208. The van der Waals surface area contributed by atoms with Gasteiger partial charge in [0.15, 0.2) is 0 Å². The highest BCUT2D eigenvalue weighted by Gasteiger charge is 2.23. The normalized spacial score (nSPS) is 11.4. The standard InChI is InChI=1S/C24H22FN5O5/c1-2-9-30(12-14-3-6-19-17(10-14)22(32)28-13-27-19)15-4-5-16(18(25)11-15)23(33)29-20(24(34)35)7-8-21(26)31/h1,3-6,10-11,13,20H,7-9,12H2,(H2,26,31)(H,29,33)(H,34,35)(H,27,28,32)/t20-/m0/s1. The predicted octanol–water partition coefficient (Wildman–Crippen LogP) is 1.15.